The van der Waals surface area contributed by atoms with Crippen molar-refractivity contribution >= 4 is 27.7 Å². The number of aromatic nitrogens is 1. The summed E-state index contributed by atoms with van der Waals surface area (Å²) in [6.07, 6.45) is 1.49. The predicted molar refractivity (Wildman–Crippen MR) is 61.7 cm³/mol. The maximum absolute atomic E-state index is 11.9. The molecule has 0 fully saturated rings. The van der Waals surface area contributed by atoms with E-state index < -0.39 is 5.51 Å². The van der Waals surface area contributed by atoms with E-state index in [0.717, 1.165) is 0 Å². The van der Waals surface area contributed by atoms with Gasteiger partial charge in [0.05, 0.1) is 0 Å². The second kappa shape index (κ2) is 5.27. The second-order valence-corrected chi connectivity index (χ2v) is 5.21. The van der Waals surface area contributed by atoms with Crippen LogP contribution >= 0.6 is 27.7 Å². The largest absolute Gasteiger partial charge is 0.441 e. The highest BCUT2D eigenvalue weighted by molar-refractivity contribution is 9.10. The summed E-state index contributed by atoms with van der Waals surface area (Å²) in [6.45, 7) is 1.67. The monoisotopic (exact) mass is 315 g/mol. The van der Waals surface area contributed by atoms with Crippen LogP contribution in [0.2, 0.25) is 0 Å². The molecule has 0 aromatic carbocycles. The zero-order valence-electron chi connectivity index (χ0n) is 8.34. The molecule has 0 aliphatic heterocycles. The number of pyridine rings is 1. The lowest BCUT2D eigenvalue weighted by Crippen LogP contribution is -2.23. The summed E-state index contributed by atoms with van der Waals surface area (Å²) in [4.78, 5) is 11.5. The Kier molecular flexibility index (Phi) is 4.49. The summed E-state index contributed by atoms with van der Waals surface area (Å²) in [5.74, 6) is -0.167. The molecule has 0 atom stereocenters. The standard InChI is InChI=1S/C9H9BrF3NOS/c1-6-4-7(10)5-14(8(6)15)2-3-16-9(11,12)13/h4-5H,2-3H2,1H3. The van der Waals surface area contributed by atoms with Gasteiger partial charge in [0.2, 0.25) is 0 Å². The minimum Gasteiger partial charge on any atom is -0.313 e. The summed E-state index contributed by atoms with van der Waals surface area (Å²) < 4.78 is 37.6. The first-order valence-electron chi connectivity index (χ1n) is 4.37. The molecule has 90 valence electrons. The molecule has 0 bridgehead atoms. The van der Waals surface area contributed by atoms with Gasteiger partial charge in [-0.3, -0.25) is 4.79 Å². The lowest BCUT2D eigenvalue weighted by molar-refractivity contribution is -0.0328. The number of halogens is 4. The van der Waals surface area contributed by atoms with E-state index in [1.807, 2.05) is 0 Å². The molecule has 0 amide bonds. The smallest absolute Gasteiger partial charge is 0.313 e. The molecular weight excluding hydrogens is 307 g/mol. The number of rotatable bonds is 3. The quantitative estimate of drug-likeness (QED) is 0.854. The Morgan fingerprint density at radius 2 is 2.12 bits per heavy atom. The molecule has 1 heterocycles. The molecule has 7 heteroatoms. The van der Waals surface area contributed by atoms with Crippen molar-refractivity contribution in [1.82, 2.24) is 4.57 Å². The molecule has 0 saturated heterocycles. The van der Waals surface area contributed by atoms with E-state index in [-0.39, 0.29) is 29.6 Å². The van der Waals surface area contributed by atoms with Gasteiger partial charge in [-0.15, -0.1) is 0 Å². The van der Waals surface area contributed by atoms with Crippen molar-refractivity contribution in [2.75, 3.05) is 5.75 Å². The van der Waals surface area contributed by atoms with Crippen LogP contribution in [0, 0.1) is 6.92 Å². The SMILES string of the molecule is Cc1cc(Br)cn(CCSC(F)(F)F)c1=O. The van der Waals surface area contributed by atoms with Gasteiger partial charge < -0.3 is 4.57 Å². The first kappa shape index (κ1) is 13.6. The Morgan fingerprint density at radius 1 is 1.50 bits per heavy atom. The molecule has 2 nitrogen and oxygen atoms in total. The van der Waals surface area contributed by atoms with Crippen LogP contribution in [0.1, 0.15) is 5.56 Å². The van der Waals surface area contributed by atoms with E-state index in [1.54, 1.807) is 13.0 Å². The van der Waals surface area contributed by atoms with Gasteiger partial charge in [-0.1, -0.05) is 0 Å². The van der Waals surface area contributed by atoms with Crippen molar-refractivity contribution in [3.8, 4) is 0 Å². The van der Waals surface area contributed by atoms with Crippen molar-refractivity contribution < 1.29 is 13.2 Å². The van der Waals surface area contributed by atoms with Gasteiger partial charge in [0.25, 0.3) is 5.56 Å². The molecule has 0 unspecified atom stereocenters. The second-order valence-electron chi connectivity index (χ2n) is 3.13. The molecule has 1 aromatic rings. The van der Waals surface area contributed by atoms with Crippen LogP contribution in [0.4, 0.5) is 13.2 Å². The van der Waals surface area contributed by atoms with Gasteiger partial charge in [0.15, 0.2) is 0 Å². The fraction of sp³-hybridized carbons (Fsp3) is 0.444. The van der Waals surface area contributed by atoms with Crippen LogP contribution in [0.25, 0.3) is 0 Å². The fourth-order valence-corrected chi connectivity index (χ4v) is 2.28. The van der Waals surface area contributed by atoms with E-state index in [9.17, 15) is 18.0 Å². The van der Waals surface area contributed by atoms with Crippen molar-refractivity contribution in [3.63, 3.8) is 0 Å². The normalized spacial score (nSPS) is 11.8. The van der Waals surface area contributed by atoms with Gasteiger partial charge in [0, 0.05) is 28.5 Å². The molecule has 0 spiro atoms. The van der Waals surface area contributed by atoms with E-state index in [0.29, 0.717) is 10.0 Å². The molecule has 1 rings (SSSR count). The average molecular weight is 316 g/mol. The predicted octanol–water partition coefficient (Wildman–Crippen LogP) is 3.17. The van der Waals surface area contributed by atoms with Crippen LogP contribution in [-0.2, 0) is 6.54 Å². The lowest BCUT2D eigenvalue weighted by Gasteiger charge is -2.08. The average Bonchev–Trinajstić information content (AvgIpc) is 2.11. The molecule has 0 aliphatic carbocycles. The number of thioether (sulfide) groups is 1. The third-order valence-corrected chi connectivity index (χ3v) is 2.98. The van der Waals surface area contributed by atoms with Gasteiger partial charge in [0.1, 0.15) is 0 Å². The highest BCUT2D eigenvalue weighted by atomic mass is 79.9. The number of nitrogens with zero attached hydrogens (tertiary/aromatic N) is 1. The number of alkyl halides is 3. The zero-order valence-corrected chi connectivity index (χ0v) is 10.7. The highest BCUT2D eigenvalue weighted by Crippen LogP contribution is 2.29. The lowest BCUT2D eigenvalue weighted by atomic mass is 10.3. The summed E-state index contributed by atoms with van der Waals surface area (Å²) >= 11 is 3.06. The van der Waals surface area contributed by atoms with Crippen molar-refractivity contribution in [3.05, 3.63) is 32.7 Å². The first-order chi connectivity index (χ1) is 7.29. The van der Waals surface area contributed by atoms with Crippen LogP contribution in [0.5, 0.6) is 0 Å². The van der Waals surface area contributed by atoms with Gasteiger partial charge in [-0.25, -0.2) is 0 Å². The summed E-state index contributed by atoms with van der Waals surface area (Å²) in [5, 5.41) is 0. The van der Waals surface area contributed by atoms with Crippen LogP contribution in [0.15, 0.2) is 21.5 Å². The van der Waals surface area contributed by atoms with E-state index >= 15 is 0 Å². The molecule has 0 saturated carbocycles. The Bertz CT molecular complexity index is 430. The van der Waals surface area contributed by atoms with Gasteiger partial charge in [-0.2, -0.15) is 13.2 Å². The van der Waals surface area contributed by atoms with E-state index in [1.165, 1.54) is 10.8 Å². The van der Waals surface area contributed by atoms with Crippen LogP contribution in [0.3, 0.4) is 0 Å². The molecule has 16 heavy (non-hydrogen) atoms. The van der Waals surface area contributed by atoms with Crippen LogP contribution in [-0.4, -0.2) is 15.8 Å². The molecule has 0 aliphatic rings. The summed E-state index contributed by atoms with van der Waals surface area (Å²) in [7, 11) is 0. The van der Waals surface area contributed by atoms with Gasteiger partial charge >= 0.3 is 5.51 Å². The Hall–Kier alpha value is -0.430. The first-order valence-corrected chi connectivity index (χ1v) is 6.15. The summed E-state index contributed by atoms with van der Waals surface area (Å²) in [6, 6.07) is 1.63. The Labute approximate surface area is 103 Å². The Morgan fingerprint density at radius 3 is 2.69 bits per heavy atom. The maximum atomic E-state index is 11.9. The fourth-order valence-electron chi connectivity index (χ4n) is 1.17. The molecule has 1 aromatic heterocycles. The number of hydrogen-bond donors (Lipinski definition) is 0. The highest BCUT2D eigenvalue weighted by Gasteiger charge is 2.27. The third-order valence-electron chi connectivity index (χ3n) is 1.83. The number of aryl methyl sites for hydroxylation is 2. The minimum absolute atomic E-state index is 0.0449. The zero-order chi connectivity index (χ0) is 12.3. The van der Waals surface area contributed by atoms with Gasteiger partial charge in [-0.05, 0) is 40.7 Å². The van der Waals surface area contributed by atoms with E-state index in [4.69, 9.17) is 0 Å². The van der Waals surface area contributed by atoms with E-state index in [2.05, 4.69) is 15.9 Å². The topological polar surface area (TPSA) is 22.0 Å². The van der Waals surface area contributed by atoms with Crippen LogP contribution < -0.4 is 5.56 Å². The maximum Gasteiger partial charge on any atom is 0.441 e. The minimum atomic E-state index is -4.25. The molecule has 0 radical (unpaired) electrons. The van der Waals surface area contributed by atoms with Crippen molar-refractivity contribution in [2.24, 2.45) is 0 Å². The summed E-state index contributed by atoms with van der Waals surface area (Å²) in [5.41, 5.74) is -4.00. The molecule has 0 N–H and O–H groups in total. The number of hydrogen-bond acceptors (Lipinski definition) is 2. The van der Waals surface area contributed by atoms with Crippen molar-refractivity contribution in [1.29, 1.82) is 0 Å². The van der Waals surface area contributed by atoms with Crippen molar-refractivity contribution in [2.45, 2.75) is 19.0 Å². The third kappa shape index (κ3) is 4.21. The Balaban J connectivity index is 2.71. The molecular formula is C9H9BrF3NOS.